The van der Waals surface area contributed by atoms with Gasteiger partial charge in [0.15, 0.2) is 0 Å². The Morgan fingerprint density at radius 1 is 1.24 bits per heavy atom. The Bertz CT molecular complexity index is 523. The van der Waals surface area contributed by atoms with Crippen LogP contribution in [0.1, 0.15) is 38.1 Å². The topological polar surface area (TPSA) is 25.2 Å². The second-order valence-electron chi connectivity index (χ2n) is 5.15. The molecule has 0 bridgehead atoms. The van der Waals surface area contributed by atoms with E-state index in [0.717, 1.165) is 6.42 Å². The molecule has 1 aromatic heterocycles. The maximum absolute atomic E-state index is 9.54. The summed E-state index contributed by atoms with van der Waals surface area (Å²) in [6.07, 6.45) is 0.433. The van der Waals surface area contributed by atoms with E-state index in [4.69, 9.17) is 0 Å². The highest BCUT2D eigenvalue weighted by molar-refractivity contribution is 5.85. The van der Waals surface area contributed by atoms with Crippen molar-refractivity contribution in [1.29, 1.82) is 0 Å². The van der Waals surface area contributed by atoms with E-state index in [1.54, 1.807) is 0 Å². The van der Waals surface area contributed by atoms with Gasteiger partial charge in [-0.1, -0.05) is 12.1 Å². The van der Waals surface area contributed by atoms with E-state index in [1.165, 1.54) is 22.2 Å². The van der Waals surface area contributed by atoms with Crippen LogP contribution in [0.3, 0.4) is 0 Å². The molecule has 1 N–H and O–H groups in total. The van der Waals surface area contributed by atoms with Crippen molar-refractivity contribution in [2.75, 3.05) is 0 Å². The molecule has 1 heterocycles. The molecule has 92 valence electrons. The largest absolute Gasteiger partial charge is 0.393 e. The zero-order valence-electron chi connectivity index (χ0n) is 11.1. The average Bonchev–Trinajstić information content (AvgIpc) is 2.54. The minimum atomic E-state index is -0.289. The van der Waals surface area contributed by atoms with Gasteiger partial charge in [0.2, 0.25) is 0 Å². The second kappa shape index (κ2) is 4.53. The smallest absolute Gasteiger partial charge is 0.0552 e. The number of hydrogen-bond acceptors (Lipinski definition) is 1. The maximum atomic E-state index is 9.54. The predicted octanol–water partition coefficient (Wildman–Crippen LogP) is 3.45. The van der Waals surface area contributed by atoms with Crippen LogP contribution in [-0.4, -0.2) is 15.8 Å². The summed E-state index contributed by atoms with van der Waals surface area (Å²) in [7, 11) is 0. The molecule has 2 rings (SSSR count). The molecular weight excluding hydrogens is 210 g/mol. The lowest BCUT2D eigenvalue weighted by Crippen LogP contribution is -2.05. The highest BCUT2D eigenvalue weighted by Crippen LogP contribution is 2.27. The number of aromatic nitrogens is 1. The van der Waals surface area contributed by atoms with Crippen molar-refractivity contribution < 1.29 is 5.11 Å². The molecule has 0 aliphatic carbocycles. The summed E-state index contributed by atoms with van der Waals surface area (Å²) in [5, 5.41) is 10.8. The minimum Gasteiger partial charge on any atom is -0.393 e. The number of aliphatic hydroxyl groups is 1. The molecule has 0 amide bonds. The van der Waals surface area contributed by atoms with Crippen molar-refractivity contribution in [2.24, 2.45) is 0 Å². The van der Waals surface area contributed by atoms with Crippen molar-refractivity contribution in [2.45, 2.75) is 46.3 Å². The first-order valence-electron chi connectivity index (χ1n) is 6.28. The molecule has 2 heteroatoms. The summed E-state index contributed by atoms with van der Waals surface area (Å²) in [6.45, 7) is 8.39. The van der Waals surface area contributed by atoms with E-state index < -0.39 is 0 Å². The van der Waals surface area contributed by atoms with Crippen LogP contribution < -0.4 is 0 Å². The maximum Gasteiger partial charge on any atom is 0.0552 e. The summed E-state index contributed by atoms with van der Waals surface area (Å²) >= 11 is 0. The van der Waals surface area contributed by atoms with Gasteiger partial charge in [-0.25, -0.2) is 0 Å². The Kier molecular flexibility index (Phi) is 3.25. The minimum absolute atomic E-state index is 0.289. The van der Waals surface area contributed by atoms with Crippen LogP contribution >= 0.6 is 0 Å². The van der Waals surface area contributed by atoms with E-state index in [0.29, 0.717) is 6.04 Å². The van der Waals surface area contributed by atoms with Crippen molar-refractivity contribution in [3.63, 3.8) is 0 Å². The molecule has 0 aliphatic heterocycles. The van der Waals surface area contributed by atoms with E-state index in [9.17, 15) is 5.11 Å². The Hall–Kier alpha value is -1.28. The number of benzene rings is 1. The van der Waals surface area contributed by atoms with Crippen LogP contribution in [0.2, 0.25) is 0 Å². The van der Waals surface area contributed by atoms with Gasteiger partial charge < -0.3 is 9.67 Å². The van der Waals surface area contributed by atoms with Gasteiger partial charge in [-0.2, -0.15) is 0 Å². The third kappa shape index (κ3) is 2.22. The second-order valence-corrected chi connectivity index (χ2v) is 5.15. The number of hydrogen-bond donors (Lipinski definition) is 1. The fourth-order valence-electron chi connectivity index (χ4n) is 2.63. The highest BCUT2D eigenvalue weighted by atomic mass is 16.3. The standard InChI is InChI=1S/C15H21NO/c1-10(2)16-11(3)8-14-13(9-12(4)17)6-5-7-15(14)16/h5-8,10,12,17H,9H2,1-4H3. The van der Waals surface area contributed by atoms with E-state index >= 15 is 0 Å². The summed E-state index contributed by atoms with van der Waals surface area (Å²) in [5.41, 5.74) is 3.80. The third-order valence-electron chi connectivity index (χ3n) is 3.20. The van der Waals surface area contributed by atoms with Gasteiger partial charge in [-0.15, -0.1) is 0 Å². The lowest BCUT2D eigenvalue weighted by atomic mass is 10.0. The zero-order valence-corrected chi connectivity index (χ0v) is 11.1. The lowest BCUT2D eigenvalue weighted by Gasteiger charge is -2.13. The van der Waals surface area contributed by atoms with Crippen molar-refractivity contribution >= 4 is 10.9 Å². The molecule has 0 saturated carbocycles. The quantitative estimate of drug-likeness (QED) is 0.860. The first-order chi connectivity index (χ1) is 8.00. The molecule has 0 aliphatic rings. The van der Waals surface area contributed by atoms with Crippen LogP contribution in [0.15, 0.2) is 24.3 Å². The molecule has 1 atom stereocenters. The molecule has 1 unspecified atom stereocenters. The number of nitrogens with zero attached hydrogens (tertiary/aromatic N) is 1. The summed E-state index contributed by atoms with van der Waals surface area (Å²) in [4.78, 5) is 0. The van der Waals surface area contributed by atoms with Gasteiger partial charge in [-0.3, -0.25) is 0 Å². The molecule has 2 nitrogen and oxygen atoms in total. The monoisotopic (exact) mass is 231 g/mol. The fourth-order valence-corrected chi connectivity index (χ4v) is 2.63. The van der Waals surface area contributed by atoms with Crippen LogP contribution in [0.5, 0.6) is 0 Å². The average molecular weight is 231 g/mol. The van der Waals surface area contributed by atoms with E-state index in [1.807, 2.05) is 6.92 Å². The summed E-state index contributed by atoms with van der Waals surface area (Å²) in [5.74, 6) is 0. The summed E-state index contributed by atoms with van der Waals surface area (Å²) in [6, 6.07) is 9.05. The van der Waals surface area contributed by atoms with Gasteiger partial charge in [0.25, 0.3) is 0 Å². The van der Waals surface area contributed by atoms with Gasteiger partial charge in [0, 0.05) is 22.6 Å². The Morgan fingerprint density at radius 3 is 2.53 bits per heavy atom. The molecule has 0 fully saturated rings. The summed E-state index contributed by atoms with van der Waals surface area (Å²) < 4.78 is 2.35. The number of fused-ring (bicyclic) bond motifs is 1. The van der Waals surface area contributed by atoms with Crippen LogP contribution in [-0.2, 0) is 6.42 Å². The van der Waals surface area contributed by atoms with Gasteiger partial charge in [-0.05, 0) is 51.8 Å². The van der Waals surface area contributed by atoms with Crippen molar-refractivity contribution in [3.05, 3.63) is 35.5 Å². The molecule has 17 heavy (non-hydrogen) atoms. The molecular formula is C15H21NO. The molecule has 2 aromatic rings. The van der Waals surface area contributed by atoms with Crippen molar-refractivity contribution in [1.82, 2.24) is 4.57 Å². The number of rotatable bonds is 3. The van der Waals surface area contributed by atoms with Crippen LogP contribution in [0.25, 0.3) is 10.9 Å². The van der Waals surface area contributed by atoms with Gasteiger partial charge >= 0.3 is 0 Å². The highest BCUT2D eigenvalue weighted by Gasteiger charge is 2.11. The fraction of sp³-hybridized carbons (Fsp3) is 0.467. The first-order valence-corrected chi connectivity index (χ1v) is 6.28. The van der Waals surface area contributed by atoms with E-state index in [-0.39, 0.29) is 6.10 Å². The number of aliphatic hydroxyl groups excluding tert-OH is 1. The lowest BCUT2D eigenvalue weighted by molar-refractivity contribution is 0.196. The van der Waals surface area contributed by atoms with Gasteiger partial charge in [0.05, 0.1) is 6.10 Å². The zero-order chi connectivity index (χ0) is 12.6. The Labute approximate surface area is 103 Å². The Balaban J connectivity index is 2.62. The number of aryl methyl sites for hydroxylation is 1. The van der Waals surface area contributed by atoms with Crippen LogP contribution in [0.4, 0.5) is 0 Å². The SMILES string of the molecule is Cc1cc2c(CC(C)O)cccc2n1C(C)C. The molecule has 0 radical (unpaired) electrons. The van der Waals surface area contributed by atoms with Crippen LogP contribution in [0, 0.1) is 6.92 Å². The van der Waals surface area contributed by atoms with E-state index in [2.05, 4.69) is 49.6 Å². The molecule has 0 spiro atoms. The normalized spacial score (nSPS) is 13.5. The third-order valence-corrected chi connectivity index (χ3v) is 3.20. The molecule has 0 saturated heterocycles. The van der Waals surface area contributed by atoms with Crippen molar-refractivity contribution in [3.8, 4) is 0 Å². The Morgan fingerprint density at radius 2 is 1.94 bits per heavy atom. The first kappa shape index (κ1) is 12.2. The molecule has 1 aromatic carbocycles. The van der Waals surface area contributed by atoms with Gasteiger partial charge in [0.1, 0.15) is 0 Å². The predicted molar refractivity (Wildman–Crippen MR) is 72.4 cm³/mol.